The van der Waals surface area contributed by atoms with E-state index in [0.717, 1.165) is 19.1 Å². The molecule has 7 N–H and O–H groups in total. The molecule has 51 heavy (non-hydrogen) atoms. The Morgan fingerprint density at radius 3 is 1.84 bits per heavy atom. The second-order valence-electron chi connectivity index (χ2n) is 12.9. The summed E-state index contributed by atoms with van der Waals surface area (Å²) in [6.45, 7) is 7.79. The van der Waals surface area contributed by atoms with Crippen LogP contribution in [0, 0.1) is 5.41 Å². The smallest absolute Gasteiger partial charge is 0.222 e. The fourth-order valence-corrected chi connectivity index (χ4v) is 4.96. The minimum Gasteiger partial charge on any atom is -0.394 e. The number of rotatable bonds is 30. The summed E-state index contributed by atoms with van der Waals surface area (Å²) in [5.74, 6) is -0.853. The van der Waals surface area contributed by atoms with Crippen molar-refractivity contribution in [3.05, 3.63) is 0 Å². The molecule has 1 rings (SSSR count). The van der Waals surface area contributed by atoms with Gasteiger partial charge in [-0.25, -0.2) is 0 Å². The van der Waals surface area contributed by atoms with E-state index in [1.807, 2.05) is 6.92 Å². The molecule has 0 radical (unpaired) electrons. The first kappa shape index (κ1) is 46.3. The van der Waals surface area contributed by atoms with E-state index < -0.39 is 48.6 Å². The van der Waals surface area contributed by atoms with Crippen LogP contribution in [0.2, 0.25) is 0 Å². The van der Waals surface area contributed by atoms with Crippen molar-refractivity contribution in [3.8, 4) is 0 Å². The van der Waals surface area contributed by atoms with Crippen molar-refractivity contribution >= 4 is 29.9 Å². The predicted octanol–water partition coefficient (Wildman–Crippen LogP) is -0.919. The largest absolute Gasteiger partial charge is 0.394 e. The molecule has 6 unspecified atom stereocenters. The first-order valence-corrected chi connectivity index (χ1v) is 17.9. The Hall–Kier alpha value is -2.77. The van der Waals surface area contributed by atoms with E-state index in [1.54, 1.807) is 0 Å². The quantitative estimate of drug-likeness (QED) is 0.0350. The lowest BCUT2D eigenvalue weighted by Gasteiger charge is -2.42. The molecule has 0 aromatic rings. The number of carbonyl (C=O) groups excluding carboxylic acids is 5. The van der Waals surface area contributed by atoms with Gasteiger partial charge < -0.3 is 65.1 Å². The number of aliphatic hydroxyl groups is 3. The zero-order valence-electron chi connectivity index (χ0n) is 30.5. The maximum absolute atomic E-state index is 12.3. The maximum Gasteiger partial charge on any atom is 0.222 e. The highest BCUT2D eigenvalue weighted by Gasteiger charge is 2.45. The van der Waals surface area contributed by atoms with Gasteiger partial charge in [-0.05, 0) is 25.7 Å². The third-order valence-electron chi connectivity index (χ3n) is 7.86. The summed E-state index contributed by atoms with van der Waals surface area (Å²) in [5.41, 5.74) is -0.540. The van der Waals surface area contributed by atoms with Crippen molar-refractivity contribution < 1.29 is 63.0 Å². The number of amides is 4. The van der Waals surface area contributed by atoms with Crippen molar-refractivity contribution in [1.82, 2.24) is 21.3 Å². The van der Waals surface area contributed by atoms with E-state index in [4.69, 9.17) is 23.7 Å². The number of nitrogens with one attached hydrogen (secondary N) is 4. The van der Waals surface area contributed by atoms with Gasteiger partial charge in [-0.15, -0.1) is 0 Å². The number of unbranched alkanes of at least 4 members (excludes halogenated alkanes) is 2. The van der Waals surface area contributed by atoms with Gasteiger partial charge in [0.25, 0.3) is 0 Å². The van der Waals surface area contributed by atoms with Gasteiger partial charge in [0.15, 0.2) is 6.29 Å². The number of ether oxygens (including phenoxy) is 5. The number of hydrogen-bond donors (Lipinski definition) is 7. The van der Waals surface area contributed by atoms with Crippen LogP contribution in [0.15, 0.2) is 0 Å². The van der Waals surface area contributed by atoms with Gasteiger partial charge in [0.2, 0.25) is 23.6 Å². The van der Waals surface area contributed by atoms with Crippen LogP contribution >= 0.6 is 0 Å². The van der Waals surface area contributed by atoms with Crippen molar-refractivity contribution in [2.45, 2.75) is 109 Å². The maximum atomic E-state index is 12.3. The zero-order chi connectivity index (χ0) is 37.9. The lowest BCUT2D eigenvalue weighted by Crippen LogP contribution is -2.64. The van der Waals surface area contributed by atoms with E-state index in [0.29, 0.717) is 38.9 Å². The minimum absolute atomic E-state index is 0.0640. The number of aldehydes is 1. The molecule has 1 heterocycles. The van der Waals surface area contributed by atoms with Crippen LogP contribution < -0.4 is 21.3 Å². The standard InChI is InChI=1S/C34H62N4O13/c1-4-5-13-35-28(43)11-19-48-23-34(3,22-47-17-9-16-39)24-49-20-12-29(44)37-15-8-14-36-27(42)10-6-7-18-50-33-30(38-25(2)41)32(46)31(45)26(21-40)51-33/h16,26,30-33,40,45-46H,4-15,17-24H2,1-3H3,(H,35,43)(H,36,42)(H,37,44)(H,38,41). The molecule has 4 amide bonds. The molecule has 0 aromatic carbocycles. The number of hydrogen-bond acceptors (Lipinski definition) is 13. The van der Waals surface area contributed by atoms with Crippen LogP contribution in [0.25, 0.3) is 0 Å². The molecule has 0 spiro atoms. The summed E-state index contributed by atoms with van der Waals surface area (Å²) in [4.78, 5) is 58.5. The summed E-state index contributed by atoms with van der Waals surface area (Å²) in [5, 5.41) is 40.7. The zero-order valence-corrected chi connectivity index (χ0v) is 30.5. The SMILES string of the molecule is CCCCNC(=O)CCOCC(C)(COCCC=O)COCCC(=O)NCCCNC(=O)CCCCOC1OC(CO)C(O)C(O)C1NC(C)=O. The summed E-state index contributed by atoms with van der Waals surface area (Å²) < 4.78 is 28.3. The molecule has 0 aromatic heterocycles. The fourth-order valence-electron chi connectivity index (χ4n) is 4.96. The molecule has 1 fully saturated rings. The molecule has 0 aliphatic carbocycles. The van der Waals surface area contributed by atoms with Gasteiger partial charge in [0, 0.05) is 64.3 Å². The summed E-state index contributed by atoms with van der Waals surface area (Å²) in [6.07, 6.45) is 0.233. The van der Waals surface area contributed by atoms with Crippen LogP contribution in [-0.2, 0) is 47.7 Å². The van der Waals surface area contributed by atoms with Crippen LogP contribution in [0.1, 0.15) is 78.6 Å². The number of carbonyl (C=O) groups is 5. The van der Waals surface area contributed by atoms with Crippen molar-refractivity contribution in [2.75, 3.05) is 72.5 Å². The van der Waals surface area contributed by atoms with E-state index in [9.17, 15) is 39.3 Å². The van der Waals surface area contributed by atoms with Gasteiger partial charge in [0.05, 0.1) is 46.2 Å². The van der Waals surface area contributed by atoms with Crippen molar-refractivity contribution in [1.29, 1.82) is 0 Å². The Morgan fingerprint density at radius 2 is 1.31 bits per heavy atom. The summed E-state index contributed by atoms with van der Waals surface area (Å²) in [7, 11) is 0. The van der Waals surface area contributed by atoms with Crippen LogP contribution in [0.3, 0.4) is 0 Å². The minimum atomic E-state index is -1.39. The molecule has 0 bridgehead atoms. The molecule has 1 aliphatic heterocycles. The second-order valence-corrected chi connectivity index (χ2v) is 12.9. The molecule has 17 nitrogen and oxygen atoms in total. The van der Waals surface area contributed by atoms with Crippen molar-refractivity contribution in [3.63, 3.8) is 0 Å². The molecule has 0 saturated carbocycles. The summed E-state index contributed by atoms with van der Waals surface area (Å²) in [6, 6.07) is -1.02. The first-order chi connectivity index (χ1) is 24.5. The van der Waals surface area contributed by atoms with E-state index >= 15 is 0 Å². The normalized spacial score (nSPS) is 21.3. The van der Waals surface area contributed by atoms with Crippen LogP contribution in [-0.4, -0.2) is 148 Å². The molecular formula is C34H62N4O13. The van der Waals surface area contributed by atoms with Gasteiger partial charge in [-0.3, -0.25) is 19.2 Å². The molecular weight excluding hydrogens is 672 g/mol. The third-order valence-corrected chi connectivity index (χ3v) is 7.86. The van der Waals surface area contributed by atoms with Gasteiger partial charge in [0.1, 0.15) is 30.6 Å². The Kier molecular flexibility index (Phi) is 25.2. The molecule has 1 aliphatic rings. The monoisotopic (exact) mass is 734 g/mol. The number of aliphatic hydroxyl groups excluding tert-OH is 3. The fraction of sp³-hybridized carbons (Fsp3) is 0.853. The van der Waals surface area contributed by atoms with Crippen LogP contribution in [0.5, 0.6) is 0 Å². The van der Waals surface area contributed by atoms with Gasteiger partial charge in [-0.1, -0.05) is 20.3 Å². The van der Waals surface area contributed by atoms with E-state index in [2.05, 4.69) is 28.2 Å². The second kappa shape index (κ2) is 27.8. The summed E-state index contributed by atoms with van der Waals surface area (Å²) >= 11 is 0. The van der Waals surface area contributed by atoms with Crippen LogP contribution in [0.4, 0.5) is 0 Å². The van der Waals surface area contributed by atoms with Crippen molar-refractivity contribution in [2.24, 2.45) is 5.41 Å². The lowest BCUT2D eigenvalue weighted by atomic mass is 9.94. The first-order valence-electron chi connectivity index (χ1n) is 17.9. The Morgan fingerprint density at radius 1 is 0.765 bits per heavy atom. The Balaban J connectivity index is 2.22. The molecule has 296 valence electrons. The average Bonchev–Trinajstić information content (AvgIpc) is 3.09. The highest BCUT2D eigenvalue weighted by atomic mass is 16.7. The highest BCUT2D eigenvalue weighted by Crippen LogP contribution is 2.23. The topological polar surface area (TPSA) is 240 Å². The van der Waals surface area contributed by atoms with Gasteiger partial charge >= 0.3 is 0 Å². The lowest BCUT2D eigenvalue weighted by molar-refractivity contribution is -0.270. The van der Waals surface area contributed by atoms with E-state index in [-0.39, 0.29) is 89.7 Å². The van der Waals surface area contributed by atoms with Gasteiger partial charge in [-0.2, -0.15) is 0 Å². The molecule has 17 heteroatoms. The molecule has 6 atom stereocenters. The highest BCUT2D eigenvalue weighted by molar-refractivity contribution is 5.76. The Bertz CT molecular complexity index is 1010. The Labute approximate surface area is 301 Å². The van der Waals surface area contributed by atoms with E-state index in [1.165, 1.54) is 6.92 Å². The predicted molar refractivity (Wildman–Crippen MR) is 184 cm³/mol. The average molecular weight is 735 g/mol. The molecule has 1 saturated heterocycles. The third kappa shape index (κ3) is 21.4.